The monoisotopic (exact) mass is 316 g/mol. The molecule has 0 saturated heterocycles. The minimum Gasteiger partial charge on any atom is -0.389 e. The molecule has 0 aromatic heterocycles. The molecule has 1 fully saturated rings. The molecule has 0 bridgehead atoms. The molecule has 0 aliphatic heterocycles. The van der Waals surface area contributed by atoms with Crippen molar-refractivity contribution >= 4 is 22.9 Å². The number of rotatable bonds is 5. The Morgan fingerprint density at radius 3 is 2.43 bits per heavy atom. The Labute approximate surface area is 127 Å². The van der Waals surface area contributed by atoms with Crippen LogP contribution in [0.15, 0.2) is 18.2 Å². The van der Waals surface area contributed by atoms with Crippen LogP contribution in [0.25, 0.3) is 0 Å². The summed E-state index contributed by atoms with van der Waals surface area (Å²) in [5.41, 5.74) is 5.90. The summed E-state index contributed by atoms with van der Waals surface area (Å²) in [6, 6.07) is 3.48. The van der Waals surface area contributed by atoms with Crippen LogP contribution in [-0.4, -0.2) is 11.5 Å². The van der Waals surface area contributed by atoms with E-state index < -0.39 is 11.7 Å². The number of hydrogen-bond acceptors (Lipinski definition) is 2. The molecule has 0 amide bonds. The summed E-state index contributed by atoms with van der Waals surface area (Å²) in [5, 5.41) is 3.22. The van der Waals surface area contributed by atoms with Gasteiger partial charge in [-0.3, -0.25) is 0 Å². The first kappa shape index (κ1) is 16.1. The van der Waals surface area contributed by atoms with E-state index in [2.05, 4.69) is 19.2 Å². The zero-order valence-corrected chi connectivity index (χ0v) is 12.9. The van der Waals surface area contributed by atoms with Crippen LogP contribution >= 0.6 is 12.2 Å². The van der Waals surface area contributed by atoms with Crippen LogP contribution in [0.3, 0.4) is 0 Å². The maximum atomic E-state index is 12.7. The molecule has 116 valence electrons. The Bertz CT molecular complexity index is 548. The van der Waals surface area contributed by atoms with Crippen LogP contribution in [0.5, 0.6) is 0 Å². The van der Waals surface area contributed by atoms with Gasteiger partial charge in [0, 0.05) is 17.8 Å². The third-order valence-electron chi connectivity index (χ3n) is 4.36. The fraction of sp³-hybridized carbons (Fsp3) is 0.533. The Morgan fingerprint density at radius 1 is 1.38 bits per heavy atom. The van der Waals surface area contributed by atoms with Crippen molar-refractivity contribution in [2.24, 2.45) is 17.1 Å². The third kappa shape index (κ3) is 3.48. The maximum absolute atomic E-state index is 12.7. The fourth-order valence-electron chi connectivity index (χ4n) is 2.47. The zero-order chi connectivity index (χ0) is 15.8. The Morgan fingerprint density at radius 2 is 2.00 bits per heavy atom. The molecule has 3 N–H and O–H groups in total. The van der Waals surface area contributed by atoms with Gasteiger partial charge in [-0.25, -0.2) is 0 Å². The highest BCUT2D eigenvalue weighted by Gasteiger charge is 2.45. The number of thiocarbonyl (C=S) groups is 1. The summed E-state index contributed by atoms with van der Waals surface area (Å²) in [4.78, 5) is -0.0296. The van der Waals surface area contributed by atoms with E-state index in [1.54, 1.807) is 0 Å². The van der Waals surface area contributed by atoms with Crippen molar-refractivity contribution in [1.82, 2.24) is 0 Å². The van der Waals surface area contributed by atoms with Gasteiger partial charge in [0.05, 0.1) is 5.56 Å². The maximum Gasteiger partial charge on any atom is 0.416 e. The summed E-state index contributed by atoms with van der Waals surface area (Å²) in [6.45, 7) is 5.05. The number of nitrogens with one attached hydrogen (secondary N) is 1. The lowest BCUT2D eigenvalue weighted by atomic mass is 9.92. The molecule has 0 atom stereocenters. The minimum atomic E-state index is -4.40. The molecular weight excluding hydrogens is 297 g/mol. The Balaban J connectivity index is 2.21. The second-order valence-electron chi connectivity index (χ2n) is 5.99. The first-order valence-electron chi connectivity index (χ1n) is 6.91. The SMILES string of the molecule is CC(C)C1(CNc2ccc(C(F)(F)F)cc2C(N)=S)CC1. The van der Waals surface area contributed by atoms with E-state index in [1.807, 2.05) is 0 Å². The predicted octanol–water partition coefficient (Wildman–Crippen LogP) is 4.19. The molecule has 6 heteroatoms. The highest BCUT2D eigenvalue weighted by Crippen LogP contribution is 2.51. The molecular formula is C15H19F3N2S. The van der Waals surface area contributed by atoms with Gasteiger partial charge in [0.15, 0.2) is 0 Å². The Hall–Kier alpha value is -1.30. The van der Waals surface area contributed by atoms with Crippen molar-refractivity contribution in [3.8, 4) is 0 Å². The average molecular weight is 316 g/mol. The van der Waals surface area contributed by atoms with Crippen molar-refractivity contribution in [1.29, 1.82) is 0 Å². The van der Waals surface area contributed by atoms with Crippen molar-refractivity contribution < 1.29 is 13.2 Å². The number of hydrogen-bond donors (Lipinski definition) is 2. The third-order valence-corrected chi connectivity index (χ3v) is 4.58. The highest BCUT2D eigenvalue weighted by molar-refractivity contribution is 7.80. The molecule has 2 nitrogen and oxygen atoms in total. The number of nitrogens with two attached hydrogens (primary N) is 1. The van der Waals surface area contributed by atoms with Crippen molar-refractivity contribution in [2.75, 3.05) is 11.9 Å². The van der Waals surface area contributed by atoms with Crippen LogP contribution < -0.4 is 11.1 Å². The van der Waals surface area contributed by atoms with Crippen LogP contribution in [0, 0.1) is 11.3 Å². The summed E-state index contributed by atoms with van der Waals surface area (Å²) >= 11 is 4.88. The van der Waals surface area contributed by atoms with Crippen molar-refractivity contribution in [2.45, 2.75) is 32.9 Å². The zero-order valence-electron chi connectivity index (χ0n) is 12.1. The topological polar surface area (TPSA) is 38.0 Å². The van der Waals surface area contributed by atoms with Crippen LogP contribution in [0.2, 0.25) is 0 Å². The molecule has 2 rings (SSSR count). The summed E-state index contributed by atoms with van der Waals surface area (Å²) < 4.78 is 38.2. The fourth-order valence-corrected chi connectivity index (χ4v) is 2.64. The van der Waals surface area contributed by atoms with Crippen LogP contribution in [0.4, 0.5) is 18.9 Å². The van der Waals surface area contributed by atoms with Gasteiger partial charge in [0.2, 0.25) is 0 Å². The lowest BCUT2D eigenvalue weighted by Crippen LogP contribution is -2.23. The minimum absolute atomic E-state index is 0.0296. The molecule has 1 aliphatic carbocycles. The summed E-state index contributed by atoms with van der Waals surface area (Å²) in [7, 11) is 0. The van der Waals surface area contributed by atoms with E-state index >= 15 is 0 Å². The first-order valence-corrected chi connectivity index (χ1v) is 7.31. The van der Waals surface area contributed by atoms with Crippen LogP contribution in [0.1, 0.15) is 37.8 Å². The number of alkyl halides is 3. The van der Waals surface area contributed by atoms with E-state index in [0.29, 0.717) is 11.6 Å². The highest BCUT2D eigenvalue weighted by atomic mass is 32.1. The summed E-state index contributed by atoms with van der Waals surface area (Å²) in [6.07, 6.45) is -2.12. The van der Waals surface area contributed by atoms with Gasteiger partial charge in [-0.15, -0.1) is 0 Å². The summed E-state index contributed by atoms with van der Waals surface area (Å²) in [5.74, 6) is 0.535. The van der Waals surface area contributed by atoms with E-state index in [0.717, 1.165) is 31.5 Å². The number of anilines is 1. The quantitative estimate of drug-likeness (QED) is 0.800. The van der Waals surface area contributed by atoms with Crippen LogP contribution in [-0.2, 0) is 6.18 Å². The second-order valence-corrected chi connectivity index (χ2v) is 6.43. The van der Waals surface area contributed by atoms with Gasteiger partial charge >= 0.3 is 6.18 Å². The standard InChI is InChI=1S/C15H19F3N2S/c1-9(2)14(5-6-14)8-20-12-4-3-10(15(16,17)18)7-11(12)13(19)21/h3-4,7,9,20H,5-6,8H2,1-2H3,(H2,19,21). The molecule has 1 aromatic rings. The van der Waals surface area contributed by atoms with E-state index in [-0.39, 0.29) is 16.0 Å². The number of benzene rings is 1. The van der Waals surface area contributed by atoms with Gasteiger partial charge in [-0.2, -0.15) is 13.2 Å². The van der Waals surface area contributed by atoms with E-state index in [9.17, 15) is 13.2 Å². The first-order chi connectivity index (χ1) is 9.66. The predicted molar refractivity (Wildman–Crippen MR) is 82.3 cm³/mol. The van der Waals surface area contributed by atoms with Gasteiger partial charge in [0.25, 0.3) is 0 Å². The molecule has 1 saturated carbocycles. The lowest BCUT2D eigenvalue weighted by Gasteiger charge is -2.22. The number of halogens is 3. The normalized spacial score (nSPS) is 16.9. The molecule has 0 unspecified atom stereocenters. The lowest BCUT2D eigenvalue weighted by molar-refractivity contribution is -0.137. The molecule has 21 heavy (non-hydrogen) atoms. The van der Waals surface area contributed by atoms with E-state index in [4.69, 9.17) is 18.0 Å². The molecule has 1 aromatic carbocycles. The van der Waals surface area contributed by atoms with Crippen molar-refractivity contribution in [3.05, 3.63) is 29.3 Å². The Kier molecular flexibility index (Phi) is 4.19. The van der Waals surface area contributed by atoms with E-state index in [1.165, 1.54) is 6.07 Å². The van der Waals surface area contributed by atoms with Gasteiger partial charge < -0.3 is 11.1 Å². The largest absolute Gasteiger partial charge is 0.416 e. The van der Waals surface area contributed by atoms with Gasteiger partial charge in [-0.1, -0.05) is 26.1 Å². The molecule has 0 spiro atoms. The van der Waals surface area contributed by atoms with Gasteiger partial charge in [-0.05, 0) is 42.4 Å². The molecule has 0 heterocycles. The smallest absolute Gasteiger partial charge is 0.389 e. The average Bonchev–Trinajstić information content (AvgIpc) is 3.16. The second kappa shape index (κ2) is 5.48. The molecule has 1 aliphatic rings. The van der Waals surface area contributed by atoms with Gasteiger partial charge in [0.1, 0.15) is 4.99 Å². The molecule has 0 radical (unpaired) electrons. The van der Waals surface area contributed by atoms with Crippen molar-refractivity contribution in [3.63, 3.8) is 0 Å².